The first kappa shape index (κ1) is 22.4. The van der Waals surface area contributed by atoms with Gasteiger partial charge in [-0.15, -0.1) is 24.0 Å². The molecule has 1 aromatic carbocycles. The molecule has 0 aliphatic carbocycles. The molecule has 0 saturated carbocycles. The van der Waals surface area contributed by atoms with Crippen molar-refractivity contribution >= 4 is 51.4 Å². The molecule has 0 bridgehead atoms. The van der Waals surface area contributed by atoms with E-state index in [9.17, 15) is 8.42 Å². The summed E-state index contributed by atoms with van der Waals surface area (Å²) in [6, 6.07) is 7.59. The number of hydrogen-bond donors (Lipinski definition) is 2. The molecule has 0 saturated heterocycles. The SMILES string of the molecule is CN=C(NCCOCCS(C)(=O)=O)NCc1ccccc1Cl.I. The number of rotatable bonds is 8. The Morgan fingerprint density at radius 2 is 1.96 bits per heavy atom. The Kier molecular flexibility index (Phi) is 11.6. The molecule has 0 unspecified atom stereocenters. The minimum atomic E-state index is -2.97. The summed E-state index contributed by atoms with van der Waals surface area (Å²) in [5, 5.41) is 6.93. The maximum atomic E-state index is 10.9. The molecule has 0 aliphatic heterocycles. The number of nitrogens with one attached hydrogen (secondary N) is 2. The van der Waals surface area contributed by atoms with Gasteiger partial charge < -0.3 is 15.4 Å². The van der Waals surface area contributed by atoms with Crippen molar-refractivity contribution in [2.75, 3.05) is 38.8 Å². The van der Waals surface area contributed by atoms with E-state index in [2.05, 4.69) is 15.6 Å². The molecule has 0 aromatic heterocycles. The van der Waals surface area contributed by atoms with Gasteiger partial charge in [0.1, 0.15) is 9.84 Å². The second kappa shape index (κ2) is 11.9. The first-order valence-electron chi connectivity index (χ1n) is 6.86. The van der Waals surface area contributed by atoms with Crippen LogP contribution in [0.3, 0.4) is 0 Å². The first-order valence-corrected chi connectivity index (χ1v) is 9.29. The summed E-state index contributed by atoms with van der Waals surface area (Å²) in [5.74, 6) is 0.665. The highest BCUT2D eigenvalue weighted by atomic mass is 127. The van der Waals surface area contributed by atoms with E-state index in [-0.39, 0.29) is 36.3 Å². The number of nitrogens with zero attached hydrogens (tertiary/aromatic N) is 1. The molecule has 0 amide bonds. The van der Waals surface area contributed by atoms with Crippen LogP contribution in [0.15, 0.2) is 29.3 Å². The lowest BCUT2D eigenvalue weighted by Crippen LogP contribution is -2.38. The number of benzene rings is 1. The lowest BCUT2D eigenvalue weighted by atomic mass is 10.2. The van der Waals surface area contributed by atoms with Crippen molar-refractivity contribution < 1.29 is 13.2 Å². The average Bonchev–Trinajstić information content (AvgIpc) is 2.46. The third-order valence-electron chi connectivity index (χ3n) is 2.77. The van der Waals surface area contributed by atoms with Gasteiger partial charge in [0.25, 0.3) is 0 Å². The summed E-state index contributed by atoms with van der Waals surface area (Å²) in [7, 11) is -1.30. The molecule has 1 rings (SSSR count). The number of aliphatic imine (C=N–C) groups is 1. The molecule has 6 nitrogen and oxygen atoms in total. The van der Waals surface area contributed by atoms with Gasteiger partial charge in [0.2, 0.25) is 0 Å². The van der Waals surface area contributed by atoms with Gasteiger partial charge >= 0.3 is 0 Å². The fourth-order valence-electron chi connectivity index (χ4n) is 1.60. The average molecular weight is 476 g/mol. The molecule has 0 aliphatic rings. The number of hydrogen-bond acceptors (Lipinski definition) is 4. The zero-order chi connectivity index (χ0) is 16.4. The highest BCUT2D eigenvalue weighted by molar-refractivity contribution is 14.0. The molecule has 2 N–H and O–H groups in total. The Morgan fingerprint density at radius 1 is 1.26 bits per heavy atom. The Balaban J connectivity index is 0.00000484. The summed E-state index contributed by atoms with van der Waals surface area (Å²) in [5.41, 5.74) is 0.983. The summed E-state index contributed by atoms with van der Waals surface area (Å²) in [4.78, 5) is 4.09. The minimum absolute atomic E-state index is 0. The third-order valence-corrected chi connectivity index (χ3v) is 4.04. The fourth-order valence-corrected chi connectivity index (χ4v) is 2.22. The maximum absolute atomic E-state index is 10.9. The van der Waals surface area contributed by atoms with E-state index in [0.717, 1.165) is 5.56 Å². The highest BCUT2D eigenvalue weighted by Crippen LogP contribution is 2.13. The number of halogens is 2. The van der Waals surface area contributed by atoms with Gasteiger partial charge in [-0.25, -0.2) is 8.42 Å². The first-order chi connectivity index (χ1) is 10.4. The predicted molar refractivity (Wildman–Crippen MR) is 106 cm³/mol. The van der Waals surface area contributed by atoms with Crippen LogP contribution in [0.4, 0.5) is 0 Å². The van der Waals surface area contributed by atoms with Gasteiger partial charge in [-0.05, 0) is 11.6 Å². The van der Waals surface area contributed by atoms with E-state index < -0.39 is 9.84 Å². The van der Waals surface area contributed by atoms with Gasteiger partial charge in [-0.2, -0.15) is 0 Å². The molecule has 9 heteroatoms. The van der Waals surface area contributed by atoms with Gasteiger partial charge in [0.05, 0.1) is 19.0 Å². The lowest BCUT2D eigenvalue weighted by molar-refractivity contribution is 0.154. The summed E-state index contributed by atoms with van der Waals surface area (Å²) >= 11 is 6.08. The summed E-state index contributed by atoms with van der Waals surface area (Å²) < 4.78 is 27.1. The Bertz CT molecular complexity index is 597. The normalized spacial score (nSPS) is 11.7. The zero-order valence-corrected chi connectivity index (χ0v) is 17.1. The fraction of sp³-hybridized carbons (Fsp3) is 0.500. The summed E-state index contributed by atoms with van der Waals surface area (Å²) in [6.07, 6.45) is 1.19. The van der Waals surface area contributed by atoms with E-state index in [1.807, 2.05) is 24.3 Å². The van der Waals surface area contributed by atoms with Crippen LogP contribution in [0.1, 0.15) is 5.56 Å². The van der Waals surface area contributed by atoms with E-state index in [4.69, 9.17) is 16.3 Å². The second-order valence-corrected chi connectivity index (χ2v) is 7.35. The molecular formula is C14H23ClIN3O3S. The number of sulfone groups is 1. The largest absolute Gasteiger partial charge is 0.379 e. The minimum Gasteiger partial charge on any atom is -0.379 e. The Labute approximate surface area is 160 Å². The van der Waals surface area contributed by atoms with Crippen LogP contribution >= 0.6 is 35.6 Å². The molecule has 0 spiro atoms. The molecule has 1 aromatic rings. The maximum Gasteiger partial charge on any atom is 0.191 e. The predicted octanol–water partition coefficient (Wildman–Crippen LogP) is 1.68. The number of guanidine groups is 1. The molecule has 0 fully saturated rings. The molecule has 132 valence electrons. The van der Waals surface area contributed by atoms with Crippen LogP contribution in [0, 0.1) is 0 Å². The van der Waals surface area contributed by atoms with Crippen LogP contribution in [0.5, 0.6) is 0 Å². The monoisotopic (exact) mass is 475 g/mol. The zero-order valence-electron chi connectivity index (χ0n) is 13.2. The van der Waals surface area contributed by atoms with Crippen molar-refractivity contribution in [1.82, 2.24) is 10.6 Å². The molecule has 0 heterocycles. The number of ether oxygens (including phenoxy) is 1. The van der Waals surface area contributed by atoms with Crippen LogP contribution in [-0.2, 0) is 21.1 Å². The Morgan fingerprint density at radius 3 is 2.57 bits per heavy atom. The van der Waals surface area contributed by atoms with E-state index in [1.54, 1.807) is 7.05 Å². The van der Waals surface area contributed by atoms with Crippen molar-refractivity contribution in [2.45, 2.75) is 6.54 Å². The quantitative estimate of drug-likeness (QED) is 0.259. The van der Waals surface area contributed by atoms with Crippen LogP contribution in [0.25, 0.3) is 0 Å². The van der Waals surface area contributed by atoms with Crippen molar-refractivity contribution in [3.05, 3.63) is 34.9 Å². The molecular weight excluding hydrogens is 453 g/mol. The van der Waals surface area contributed by atoms with Gasteiger partial charge in [0.15, 0.2) is 5.96 Å². The summed E-state index contributed by atoms with van der Waals surface area (Å²) in [6.45, 7) is 1.70. The van der Waals surface area contributed by atoms with E-state index in [1.165, 1.54) is 6.26 Å². The molecule has 23 heavy (non-hydrogen) atoms. The van der Waals surface area contributed by atoms with Gasteiger partial charge in [-0.3, -0.25) is 4.99 Å². The van der Waals surface area contributed by atoms with Crippen LogP contribution in [0.2, 0.25) is 5.02 Å². The van der Waals surface area contributed by atoms with E-state index in [0.29, 0.717) is 30.7 Å². The van der Waals surface area contributed by atoms with Crippen LogP contribution in [-0.4, -0.2) is 53.2 Å². The molecule has 0 atom stereocenters. The van der Waals surface area contributed by atoms with E-state index >= 15 is 0 Å². The second-order valence-electron chi connectivity index (χ2n) is 4.69. The van der Waals surface area contributed by atoms with Gasteiger partial charge in [0, 0.05) is 31.4 Å². The third kappa shape index (κ3) is 10.7. The van der Waals surface area contributed by atoms with Crippen molar-refractivity contribution in [3.63, 3.8) is 0 Å². The van der Waals surface area contributed by atoms with Crippen molar-refractivity contribution in [1.29, 1.82) is 0 Å². The topological polar surface area (TPSA) is 79.8 Å². The van der Waals surface area contributed by atoms with Crippen LogP contribution < -0.4 is 10.6 Å². The van der Waals surface area contributed by atoms with Crippen molar-refractivity contribution in [3.8, 4) is 0 Å². The smallest absolute Gasteiger partial charge is 0.191 e. The Hall–Kier alpha value is -0.580. The highest BCUT2D eigenvalue weighted by Gasteiger charge is 2.03. The lowest BCUT2D eigenvalue weighted by Gasteiger charge is -2.12. The molecule has 0 radical (unpaired) electrons. The van der Waals surface area contributed by atoms with Gasteiger partial charge in [-0.1, -0.05) is 29.8 Å². The standard InChI is InChI=1S/C14H22ClN3O3S.HI/c1-16-14(17-7-8-21-9-10-22(2,19)20)18-11-12-5-3-4-6-13(12)15;/h3-6H,7-11H2,1-2H3,(H2,16,17,18);1H. The van der Waals surface area contributed by atoms with Crippen molar-refractivity contribution in [2.24, 2.45) is 4.99 Å².